The summed E-state index contributed by atoms with van der Waals surface area (Å²) in [6.45, 7) is 6.22. The Morgan fingerprint density at radius 1 is 1.21 bits per heavy atom. The van der Waals surface area contributed by atoms with Crippen LogP contribution in [0.5, 0.6) is 5.75 Å². The number of phenolic OH excluding ortho intramolecular Hbond substituents is 1. The van der Waals surface area contributed by atoms with Gasteiger partial charge in [-0.1, -0.05) is 6.07 Å². The highest BCUT2D eigenvalue weighted by atomic mass is 16.3. The van der Waals surface area contributed by atoms with Crippen LogP contribution in [0.2, 0.25) is 0 Å². The van der Waals surface area contributed by atoms with Crippen LogP contribution in [0.3, 0.4) is 0 Å². The molecule has 0 fully saturated rings. The fourth-order valence-corrected chi connectivity index (χ4v) is 3.63. The van der Waals surface area contributed by atoms with E-state index in [1.165, 1.54) is 5.69 Å². The van der Waals surface area contributed by atoms with E-state index < -0.39 is 0 Å². The third kappa shape index (κ3) is 3.50. The van der Waals surface area contributed by atoms with E-state index in [9.17, 15) is 10.2 Å². The zero-order valence-corrected chi connectivity index (χ0v) is 16.1. The van der Waals surface area contributed by atoms with Crippen LogP contribution in [0.4, 0.5) is 17.5 Å². The standard InChI is InChI=1S/C20H24N6O2/c1-3-26-18-7-8-25(11-16(18)17(12-27)24-26)19-9-13(2)21-20(23-19)22-14-5-4-6-15(28)10-14/h4-6,9-10,27-28H,3,7-8,11-12H2,1-2H3,(H,21,22,23). The van der Waals surface area contributed by atoms with E-state index in [0.717, 1.165) is 48.0 Å². The molecule has 2 aromatic heterocycles. The molecule has 0 radical (unpaired) electrons. The van der Waals surface area contributed by atoms with Crippen molar-refractivity contribution in [2.45, 2.75) is 40.0 Å². The second kappa shape index (κ2) is 7.47. The van der Waals surface area contributed by atoms with Crippen LogP contribution in [0.1, 0.15) is 29.6 Å². The first-order valence-electron chi connectivity index (χ1n) is 9.42. The summed E-state index contributed by atoms with van der Waals surface area (Å²) in [7, 11) is 0. The Kier molecular flexibility index (Phi) is 4.87. The van der Waals surface area contributed by atoms with E-state index in [1.54, 1.807) is 18.2 Å². The number of benzene rings is 1. The number of aromatic nitrogens is 4. The topological polar surface area (TPSA) is 99.3 Å². The minimum atomic E-state index is -0.0592. The summed E-state index contributed by atoms with van der Waals surface area (Å²) in [5.74, 6) is 1.50. The summed E-state index contributed by atoms with van der Waals surface area (Å²) in [6.07, 6.45) is 0.856. The van der Waals surface area contributed by atoms with Crippen LogP contribution in [-0.2, 0) is 26.1 Å². The van der Waals surface area contributed by atoms with Crippen LogP contribution < -0.4 is 10.2 Å². The van der Waals surface area contributed by atoms with Crippen molar-refractivity contribution in [2.75, 3.05) is 16.8 Å². The summed E-state index contributed by atoms with van der Waals surface area (Å²) in [4.78, 5) is 11.3. The maximum Gasteiger partial charge on any atom is 0.229 e. The molecule has 0 saturated carbocycles. The van der Waals surface area contributed by atoms with Crippen molar-refractivity contribution in [3.63, 3.8) is 0 Å². The number of hydrogen-bond donors (Lipinski definition) is 3. The van der Waals surface area contributed by atoms with Gasteiger partial charge >= 0.3 is 0 Å². The number of aromatic hydroxyl groups is 1. The molecule has 146 valence electrons. The maximum absolute atomic E-state index is 9.68. The Morgan fingerprint density at radius 3 is 2.82 bits per heavy atom. The van der Waals surface area contributed by atoms with Crippen LogP contribution in [0, 0.1) is 6.92 Å². The monoisotopic (exact) mass is 380 g/mol. The molecule has 1 aliphatic rings. The molecule has 4 rings (SSSR count). The van der Waals surface area contributed by atoms with Gasteiger partial charge < -0.3 is 20.4 Å². The van der Waals surface area contributed by atoms with Gasteiger partial charge in [-0.25, -0.2) is 4.98 Å². The van der Waals surface area contributed by atoms with Crippen molar-refractivity contribution in [1.82, 2.24) is 19.7 Å². The normalized spacial score (nSPS) is 13.5. The fourth-order valence-electron chi connectivity index (χ4n) is 3.63. The lowest BCUT2D eigenvalue weighted by Gasteiger charge is -2.29. The lowest BCUT2D eigenvalue weighted by atomic mass is 10.1. The van der Waals surface area contributed by atoms with Gasteiger partial charge in [-0.15, -0.1) is 0 Å². The Hall–Kier alpha value is -3.13. The molecular weight excluding hydrogens is 356 g/mol. The number of fused-ring (bicyclic) bond motifs is 1. The van der Waals surface area contributed by atoms with Crippen molar-refractivity contribution in [2.24, 2.45) is 0 Å². The summed E-state index contributed by atoms with van der Waals surface area (Å²) in [5.41, 5.74) is 4.61. The van der Waals surface area contributed by atoms with E-state index in [1.807, 2.05) is 23.7 Å². The van der Waals surface area contributed by atoms with E-state index in [4.69, 9.17) is 0 Å². The molecule has 3 N–H and O–H groups in total. The van der Waals surface area contributed by atoms with Gasteiger partial charge in [0.15, 0.2) is 0 Å². The van der Waals surface area contributed by atoms with Crippen molar-refractivity contribution in [3.8, 4) is 5.75 Å². The Morgan fingerprint density at radius 2 is 2.07 bits per heavy atom. The van der Waals surface area contributed by atoms with Gasteiger partial charge in [0.25, 0.3) is 0 Å². The van der Waals surface area contributed by atoms with Crippen LogP contribution >= 0.6 is 0 Å². The van der Waals surface area contributed by atoms with Gasteiger partial charge in [-0.3, -0.25) is 4.68 Å². The van der Waals surface area contributed by atoms with Crippen LogP contribution in [-0.4, -0.2) is 36.5 Å². The SMILES string of the molecule is CCn1nc(CO)c2c1CCN(c1cc(C)nc(Nc3cccc(O)c3)n1)C2. The molecule has 28 heavy (non-hydrogen) atoms. The van der Waals surface area contributed by atoms with E-state index in [0.29, 0.717) is 12.5 Å². The number of anilines is 3. The molecular formula is C20H24N6O2. The Labute approximate surface area is 163 Å². The average Bonchev–Trinajstić information content (AvgIpc) is 3.04. The van der Waals surface area contributed by atoms with Gasteiger partial charge in [0.05, 0.1) is 12.3 Å². The summed E-state index contributed by atoms with van der Waals surface area (Å²) in [5, 5.41) is 27.0. The highest BCUT2D eigenvalue weighted by Crippen LogP contribution is 2.27. The molecule has 1 aromatic carbocycles. The maximum atomic E-state index is 9.68. The van der Waals surface area contributed by atoms with Crippen molar-refractivity contribution in [1.29, 1.82) is 0 Å². The zero-order valence-electron chi connectivity index (χ0n) is 16.1. The molecule has 0 aliphatic carbocycles. The van der Waals surface area contributed by atoms with Crippen LogP contribution in [0.15, 0.2) is 30.3 Å². The van der Waals surface area contributed by atoms with Gasteiger partial charge in [-0.2, -0.15) is 10.1 Å². The van der Waals surface area contributed by atoms with Gasteiger partial charge in [0.2, 0.25) is 5.95 Å². The van der Waals surface area contributed by atoms with Crippen molar-refractivity contribution in [3.05, 3.63) is 53.0 Å². The van der Waals surface area contributed by atoms with Gasteiger partial charge in [0, 0.05) is 60.8 Å². The molecule has 3 heterocycles. The Bertz CT molecular complexity index is 1000. The predicted molar refractivity (Wildman–Crippen MR) is 107 cm³/mol. The lowest BCUT2D eigenvalue weighted by Crippen LogP contribution is -2.32. The average molecular weight is 380 g/mol. The minimum absolute atomic E-state index is 0.0592. The second-order valence-electron chi connectivity index (χ2n) is 6.88. The number of aliphatic hydroxyl groups excluding tert-OH is 1. The quantitative estimate of drug-likeness (QED) is 0.625. The smallest absolute Gasteiger partial charge is 0.229 e. The fraction of sp³-hybridized carbons (Fsp3) is 0.350. The number of rotatable bonds is 5. The number of aliphatic hydroxyl groups is 1. The summed E-state index contributed by atoms with van der Waals surface area (Å²) >= 11 is 0. The molecule has 0 bridgehead atoms. The van der Waals surface area contributed by atoms with E-state index in [2.05, 4.69) is 32.2 Å². The first-order valence-corrected chi connectivity index (χ1v) is 9.42. The minimum Gasteiger partial charge on any atom is -0.508 e. The number of aryl methyl sites for hydroxylation is 2. The highest BCUT2D eigenvalue weighted by molar-refractivity contribution is 5.58. The molecule has 0 atom stereocenters. The second-order valence-corrected chi connectivity index (χ2v) is 6.88. The molecule has 0 spiro atoms. The zero-order chi connectivity index (χ0) is 19.7. The third-order valence-corrected chi connectivity index (χ3v) is 4.93. The number of phenols is 1. The predicted octanol–water partition coefficient (Wildman–Crippen LogP) is 2.51. The Balaban J connectivity index is 1.61. The first kappa shape index (κ1) is 18.2. The number of hydrogen-bond acceptors (Lipinski definition) is 7. The number of nitrogens with one attached hydrogen (secondary N) is 1. The van der Waals surface area contributed by atoms with Gasteiger partial charge in [-0.05, 0) is 26.0 Å². The molecule has 0 amide bonds. The van der Waals surface area contributed by atoms with Crippen molar-refractivity contribution < 1.29 is 10.2 Å². The largest absolute Gasteiger partial charge is 0.508 e. The van der Waals surface area contributed by atoms with Crippen LogP contribution in [0.25, 0.3) is 0 Å². The molecule has 1 aliphatic heterocycles. The van der Waals surface area contributed by atoms with Crippen molar-refractivity contribution >= 4 is 17.5 Å². The first-order chi connectivity index (χ1) is 13.6. The molecule has 0 unspecified atom stereocenters. The number of nitrogens with zero attached hydrogens (tertiary/aromatic N) is 5. The summed E-state index contributed by atoms with van der Waals surface area (Å²) in [6, 6.07) is 8.83. The molecule has 8 heteroatoms. The summed E-state index contributed by atoms with van der Waals surface area (Å²) < 4.78 is 1.98. The van der Waals surface area contributed by atoms with E-state index >= 15 is 0 Å². The highest BCUT2D eigenvalue weighted by Gasteiger charge is 2.25. The van der Waals surface area contributed by atoms with E-state index in [-0.39, 0.29) is 12.4 Å². The molecule has 0 saturated heterocycles. The van der Waals surface area contributed by atoms with Gasteiger partial charge in [0.1, 0.15) is 11.6 Å². The lowest BCUT2D eigenvalue weighted by molar-refractivity contribution is 0.274. The molecule has 3 aromatic rings. The third-order valence-electron chi connectivity index (χ3n) is 4.93. The molecule has 8 nitrogen and oxygen atoms in total.